The van der Waals surface area contributed by atoms with E-state index < -0.39 is 23.8 Å². The fourth-order valence-corrected chi connectivity index (χ4v) is 4.32. The van der Waals surface area contributed by atoms with E-state index in [4.69, 9.17) is 19.9 Å². The zero-order chi connectivity index (χ0) is 23.1. The highest BCUT2D eigenvalue weighted by Gasteiger charge is 2.48. The van der Waals surface area contributed by atoms with Gasteiger partial charge in [0, 0.05) is 34.8 Å². The third-order valence-electron chi connectivity index (χ3n) is 6.11. The number of hydrogen-bond donors (Lipinski definition) is 2. The molecule has 33 heavy (non-hydrogen) atoms. The fraction of sp³-hybridized carbons (Fsp3) is 0.333. The Bertz CT molecular complexity index is 1160. The summed E-state index contributed by atoms with van der Waals surface area (Å²) in [6.45, 7) is 2.32. The van der Waals surface area contributed by atoms with E-state index in [1.165, 1.54) is 0 Å². The van der Waals surface area contributed by atoms with E-state index in [0.29, 0.717) is 12.2 Å². The smallest absolute Gasteiger partial charge is 0.166 e. The molecule has 0 amide bonds. The van der Waals surface area contributed by atoms with Crippen molar-refractivity contribution in [3.8, 4) is 16.9 Å². The molecule has 0 aliphatic carbocycles. The summed E-state index contributed by atoms with van der Waals surface area (Å²) in [5.41, 5.74) is 8.35. The second kappa shape index (κ2) is 8.66. The average Bonchev–Trinajstić information content (AvgIpc) is 3.40. The number of benzene rings is 1. The van der Waals surface area contributed by atoms with Crippen LogP contribution in [0.4, 0.5) is 14.6 Å². The van der Waals surface area contributed by atoms with Gasteiger partial charge in [0.1, 0.15) is 29.9 Å². The number of halogens is 2. The fourth-order valence-electron chi connectivity index (χ4n) is 4.32. The number of nitrogens with two attached hydrogens (primary N) is 1. The number of anilines is 1. The summed E-state index contributed by atoms with van der Waals surface area (Å²) in [4.78, 5) is 8.75. The number of ether oxygens (including phenoxy) is 3. The molecule has 9 heteroatoms. The molecule has 3 N–H and O–H groups in total. The molecule has 0 saturated carbocycles. The van der Waals surface area contributed by atoms with E-state index in [1.54, 1.807) is 25.4 Å². The summed E-state index contributed by atoms with van der Waals surface area (Å²) in [7, 11) is 0. The molecule has 5 atom stereocenters. The maximum atomic E-state index is 14.1. The molecule has 2 aliphatic heterocycles. The number of nitrogen functional groups attached to an aromatic ring is 1. The highest BCUT2D eigenvalue weighted by molar-refractivity contribution is 5.66. The number of pyridine rings is 2. The maximum Gasteiger partial charge on any atom is 0.166 e. The summed E-state index contributed by atoms with van der Waals surface area (Å²) >= 11 is 0. The Morgan fingerprint density at radius 1 is 1.03 bits per heavy atom. The zero-order valence-corrected chi connectivity index (χ0v) is 17.8. The predicted molar refractivity (Wildman–Crippen MR) is 116 cm³/mol. The van der Waals surface area contributed by atoms with Crippen LogP contribution in [-0.4, -0.2) is 46.6 Å². The van der Waals surface area contributed by atoms with Gasteiger partial charge in [-0.25, -0.2) is 13.8 Å². The van der Waals surface area contributed by atoms with Crippen LogP contribution in [0.25, 0.3) is 11.1 Å². The van der Waals surface area contributed by atoms with Gasteiger partial charge < -0.3 is 25.1 Å². The van der Waals surface area contributed by atoms with Crippen molar-refractivity contribution in [3.63, 3.8) is 0 Å². The number of fused-ring (bicyclic) bond motifs is 1. The van der Waals surface area contributed by atoms with E-state index in [9.17, 15) is 13.9 Å². The lowest BCUT2D eigenvalue weighted by molar-refractivity contribution is 0.0181. The maximum absolute atomic E-state index is 14.1. The van der Waals surface area contributed by atoms with Gasteiger partial charge in [0.25, 0.3) is 0 Å². The molecular formula is C24H23F2N3O4. The molecule has 0 radical (unpaired) electrons. The molecule has 3 aromatic rings. The number of aliphatic hydroxyl groups is 1. The molecular weight excluding hydrogens is 432 g/mol. The molecule has 5 rings (SSSR count). The summed E-state index contributed by atoms with van der Waals surface area (Å²) < 4.78 is 44.8. The minimum absolute atomic E-state index is 0.0494. The second-order valence-corrected chi connectivity index (χ2v) is 8.27. The summed E-state index contributed by atoms with van der Waals surface area (Å²) in [5, 5.41) is 9.93. The zero-order valence-electron chi connectivity index (χ0n) is 17.8. The van der Waals surface area contributed by atoms with E-state index in [-0.39, 0.29) is 41.9 Å². The number of nitrogens with zero attached hydrogens (tertiary/aromatic N) is 2. The first-order valence-corrected chi connectivity index (χ1v) is 10.7. The van der Waals surface area contributed by atoms with Gasteiger partial charge in [-0.05, 0) is 37.3 Å². The Kier molecular flexibility index (Phi) is 5.69. The summed E-state index contributed by atoms with van der Waals surface area (Å²) in [5.74, 6) is -0.773. The Morgan fingerprint density at radius 2 is 1.82 bits per heavy atom. The Morgan fingerprint density at radius 3 is 2.61 bits per heavy atom. The predicted octanol–water partition coefficient (Wildman–Crippen LogP) is 3.39. The monoisotopic (exact) mass is 455 g/mol. The number of hydrogen-bond acceptors (Lipinski definition) is 7. The first-order valence-electron chi connectivity index (χ1n) is 10.7. The second-order valence-electron chi connectivity index (χ2n) is 8.27. The van der Waals surface area contributed by atoms with Crippen LogP contribution in [0.1, 0.15) is 30.2 Å². The minimum atomic E-state index is -0.780. The molecule has 7 nitrogen and oxygen atoms in total. The average molecular weight is 455 g/mol. The Hall–Kier alpha value is -3.14. The number of rotatable bonds is 5. The van der Waals surface area contributed by atoms with Gasteiger partial charge in [-0.3, -0.25) is 4.98 Å². The molecule has 1 aromatic carbocycles. The van der Waals surface area contributed by atoms with E-state index in [0.717, 1.165) is 29.5 Å². The Labute approximate surface area is 189 Å². The van der Waals surface area contributed by atoms with Crippen molar-refractivity contribution in [2.24, 2.45) is 0 Å². The topological polar surface area (TPSA) is 99.7 Å². The van der Waals surface area contributed by atoms with Crippen LogP contribution in [-0.2, 0) is 9.47 Å². The van der Waals surface area contributed by atoms with Crippen LogP contribution >= 0.6 is 0 Å². The van der Waals surface area contributed by atoms with Gasteiger partial charge in [0.15, 0.2) is 11.6 Å². The molecule has 172 valence electrons. The molecule has 0 spiro atoms. The van der Waals surface area contributed by atoms with Gasteiger partial charge in [-0.2, -0.15) is 0 Å². The summed E-state index contributed by atoms with van der Waals surface area (Å²) in [6.07, 6.45) is 1.39. The van der Waals surface area contributed by atoms with Gasteiger partial charge in [-0.1, -0.05) is 6.07 Å². The lowest BCUT2D eigenvalue weighted by Gasteiger charge is -2.18. The molecule has 4 heterocycles. The van der Waals surface area contributed by atoms with Crippen LogP contribution in [0.3, 0.4) is 0 Å². The molecule has 4 unspecified atom stereocenters. The van der Waals surface area contributed by atoms with Crippen LogP contribution in [0, 0.1) is 11.6 Å². The van der Waals surface area contributed by atoms with E-state index in [2.05, 4.69) is 9.97 Å². The Balaban J connectivity index is 1.35. The normalized spacial score (nSPS) is 25.1. The lowest BCUT2D eigenvalue weighted by Crippen LogP contribution is -2.28. The van der Waals surface area contributed by atoms with Crippen molar-refractivity contribution in [2.75, 3.05) is 18.9 Å². The van der Waals surface area contributed by atoms with Gasteiger partial charge >= 0.3 is 0 Å². The van der Waals surface area contributed by atoms with Crippen molar-refractivity contribution in [1.29, 1.82) is 0 Å². The van der Waals surface area contributed by atoms with E-state index in [1.807, 2.05) is 12.1 Å². The highest BCUT2D eigenvalue weighted by Crippen LogP contribution is 2.37. The van der Waals surface area contributed by atoms with E-state index >= 15 is 0 Å². The van der Waals surface area contributed by atoms with Crippen LogP contribution < -0.4 is 10.5 Å². The molecule has 0 bridgehead atoms. The standard InChI is InChI=1S/C24H23F2N3O4/c1-12(16-7-15(25)3-4-18(16)26)33-21-6-14(9-29-24(21)27)13-2-5-19(28-8-13)17-10-31-23-20(30)11-32-22(17)23/h2-9,12,17,20,22-23,30H,10-11H2,1H3,(H2,27,29)/t12?,17?,20-,22?,23?/m1/s1. The largest absolute Gasteiger partial charge is 0.482 e. The number of aliphatic hydroxyl groups excluding tert-OH is 1. The van der Waals surface area contributed by atoms with Crippen LogP contribution in [0.15, 0.2) is 48.8 Å². The minimum Gasteiger partial charge on any atom is -0.482 e. The van der Waals surface area contributed by atoms with Crippen molar-refractivity contribution in [1.82, 2.24) is 9.97 Å². The van der Waals surface area contributed by atoms with Crippen molar-refractivity contribution in [2.45, 2.75) is 37.3 Å². The third kappa shape index (κ3) is 4.15. The first kappa shape index (κ1) is 21.7. The molecule has 2 fully saturated rings. The van der Waals surface area contributed by atoms with Crippen molar-refractivity contribution < 1.29 is 28.1 Å². The third-order valence-corrected chi connectivity index (χ3v) is 6.11. The van der Waals surface area contributed by atoms with Crippen LogP contribution in [0.2, 0.25) is 0 Å². The summed E-state index contributed by atoms with van der Waals surface area (Å²) in [6, 6.07) is 8.69. The van der Waals surface area contributed by atoms with Crippen LogP contribution in [0.5, 0.6) is 5.75 Å². The first-order chi connectivity index (χ1) is 15.9. The van der Waals surface area contributed by atoms with Crippen molar-refractivity contribution >= 4 is 5.82 Å². The van der Waals surface area contributed by atoms with Crippen molar-refractivity contribution in [3.05, 3.63) is 71.7 Å². The quantitative estimate of drug-likeness (QED) is 0.608. The lowest BCUT2D eigenvalue weighted by atomic mass is 9.96. The molecule has 2 aliphatic rings. The highest BCUT2D eigenvalue weighted by atomic mass is 19.1. The van der Waals surface area contributed by atoms with Gasteiger partial charge in [-0.15, -0.1) is 0 Å². The van der Waals surface area contributed by atoms with Gasteiger partial charge in [0.2, 0.25) is 0 Å². The molecule has 2 saturated heterocycles. The molecule has 2 aromatic heterocycles. The number of aromatic nitrogens is 2. The SMILES string of the molecule is CC(Oc1cc(-c2ccc(C3COC4C3OC[C@H]4O)nc2)cnc1N)c1cc(F)ccc1F. The van der Waals surface area contributed by atoms with Gasteiger partial charge in [0.05, 0.1) is 25.2 Å².